The molecule has 2 saturated carbocycles. The summed E-state index contributed by atoms with van der Waals surface area (Å²) in [5.74, 6) is 4.17. The molecule has 3 heterocycles. The molecule has 3 aliphatic rings. The number of piperidine rings is 1. The van der Waals surface area contributed by atoms with E-state index in [2.05, 4.69) is 15.0 Å². The van der Waals surface area contributed by atoms with E-state index < -0.39 is 0 Å². The van der Waals surface area contributed by atoms with Gasteiger partial charge in [0.2, 0.25) is 11.7 Å². The molecular weight excluding hydrogens is 346 g/mol. The van der Waals surface area contributed by atoms with Crippen molar-refractivity contribution < 1.29 is 9.32 Å². The zero-order valence-corrected chi connectivity index (χ0v) is 15.8. The summed E-state index contributed by atoms with van der Waals surface area (Å²) in [6.45, 7) is 2.55. The van der Waals surface area contributed by atoms with Gasteiger partial charge in [-0.3, -0.25) is 9.69 Å². The molecule has 0 radical (unpaired) electrons. The van der Waals surface area contributed by atoms with E-state index >= 15 is 0 Å². The largest absolute Gasteiger partial charge is 0.339 e. The Morgan fingerprint density at radius 1 is 1.23 bits per heavy atom. The highest BCUT2D eigenvalue weighted by atomic mass is 32.1. The number of fused-ring (bicyclic) bond motifs is 2. The molecule has 0 amide bonds. The zero-order chi connectivity index (χ0) is 17.5. The van der Waals surface area contributed by atoms with E-state index in [-0.39, 0.29) is 0 Å². The lowest BCUT2D eigenvalue weighted by Gasteiger charge is -2.31. The molecule has 1 aliphatic heterocycles. The Morgan fingerprint density at radius 3 is 2.81 bits per heavy atom. The molecule has 3 atom stereocenters. The first-order valence-corrected chi connectivity index (χ1v) is 10.8. The second-order valence-corrected chi connectivity index (χ2v) is 9.18. The fourth-order valence-corrected chi connectivity index (χ4v) is 5.87. The smallest absolute Gasteiger partial charge is 0.230 e. The van der Waals surface area contributed by atoms with Gasteiger partial charge in [0.15, 0.2) is 0 Å². The molecule has 2 aromatic heterocycles. The van der Waals surface area contributed by atoms with Gasteiger partial charge in [-0.25, -0.2) is 0 Å². The van der Waals surface area contributed by atoms with E-state index in [1.807, 2.05) is 17.5 Å². The highest BCUT2D eigenvalue weighted by molar-refractivity contribution is 7.13. The first kappa shape index (κ1) is 16.6. The van der Waals surface area contributed by atoms with E-state index in [0.29, 0.717) is 35.9 Å². The van der Waals surface area contributed by atoms with Gasteiger partial charge in [0, 0.05) is 11.8 Å². The number of ketones is 1. The van der Waals surface area contributed by atoms with Crippen molar-refractivity contribution in [3.05, 3.63) is 23.4 Å². The molecule has 2 aliphatic carbocycles. The minimum absolute atomic E-state index is 0.324. The second-order valence-electron chi connectivity index (χ2n) is 8.23. The average Bonchev–Trinajstić information content (AvgIpc) is 3.46. The Bertz CT molecular complexity index is 764. The molecule has 0 aromatic carbocycles. The van der Waals surface area contributed by atoms with Gasteiger partial charge in [-0.05, 0) is 68.5 Å². The molecule has 26 heavy (non-hydrogen) atoms. The van der Waals surface area contributed by atoms with Gasteiger partial charge < -0.3 is 4.52 Å². The van der Waals surface area contributed by atoms with Crippen LogP contribution in [0, 0.1) is 17.8 Å². The molecule has 6 heteroatoms. The van der Waals surface area contributed by atoms with Crippen LogP contribution in [-0.2, 0) is 4.79 Å². The summed E-state index contributed by atoms with van der Waals surface area (Å²) in [5, 5.41) is 6.16. The van der Waals surface area contributed by atoms with Crippen molar-refractivity contribution in [1.82, 2.24) is 15.0 Å². The van der Waals surface area contributed by atoms with Crippen molar-refractivity contribution in [3.63, 3.8) is 0 Å². The number of nitrogens with zero attached hydrogens (tertiary/aromatic N) is 3. The Morgan fingerprint density at radius 2 is 2.12 bits per heavy atom. The van der Waals surface area contributed by atoms with Gasteiger partial charge in [-0.2, -0.15) is 4.98 Å². The summed E-state index contributed by atoms with van der Waals surface area (Å²) >= 11 is 1.63. The highest BCUT2D eigenvalue weighted by Gasteiger charge is 2.43. The minimum Gasteiger partial charge on any atom is -0.339 e. The lowest BCUT2D eigenvalue weighted by Crippen LogP contribution is -2.39. The topological polar surface area (TPSA) is 59.2 Å². The van der Waals surface area contributed by atoms with E-state index in [1.165, 1.54) is 19.3 Å². The van der Waals surface area contributed by atoms with Crippen LogP contribution in [0.3, 0.4) is 0 Å². The third-order valence-electron chi connectivity index (χ3n) is 6.65. The predicted molar refractivity (Wildman–Crippen MR) is 100.0 cm³/mol. The normalized spacial score (nSPS) is 29.5. The van der Waals surface area contributed by atoms with Crippen LogP contribution >= 0.6 is 11.3 Å². The molecule has 138 valence electrons. The molecule has 0 N–H and O–H groups in total. The van der Waals surface area contributed by atoms with Crippen molar-refractivity contribution in [2.24, 2.45) is 17.8 Å². The number of carbonyl (C=O) groups is 1. The monoisotopic (exact) mass is 371 g/mol. The molecule has 3 fully saturated rings. The summed E-state index contributed by atoms with van der Waals surface area (Å²) in [5.41, 5.74) is 0. The van der Waals surface area contributed by atoms with Crippen molar-refractivity contribution in [2.45, 2.75) is 44.4 Å². The molecule has 1 saturated heterocycles. The van der Waals surface area contributed by atoms with Crippen LogP contribution in [0.1, 0.15) is 50.3 Å². The average molecular weight is 372 g/mol. The number of Topliss-reactive ketones (excluding diaryl/α,β-unsaturated/α-hetero) is 1. The molecule has 5 nitrogen and oxygen atoms in total. The number of thiophene rings is 1. The lowest BCUT2D eigenvalue weighted by atomic mass is 9.85. The quantitative estimate of drug-likeness (QED) is 0.795. The van der Waals surface area contributed by atoms with E-state index in [4.69, 9.17) is 4.52 Å². The fraction of sp³-hybridized carbons (Fsp3) is 0.650. The molecule has 2 aromatic rings. The number of aromatic nitrogens is 2. The van der Waals surface area contributed by atoms with Crippen molar-refractivity contribution in [3.8, 4) is 10.7 Å². The van der Waals surface area contributed by atoms with Gasteiger partial charge >= 0.3 is 0 Å². The van der Waals surface area contributed by atoms with Crippen LogP contribution in [0.5, 0.6) is 0 Å². The Kier molecular flexibility index (Phi) is 4.41. The first-order valence-electron chi connectivity index (χ1n) is 9.89. The first-order chi connectivity index (χ1) is 12.8. The SMILES string of the molecule is O=C(CN1CCC(c2nc(-c3cccs3)no2)CC1)C1CC2CCC1C2. The van der Waals surface area contributed by atoms with Crippen LogP contribution in [0.15, 0.2) is 22.0 Å². The third kappa shape index (κ3) is 3.14. The highest BCUT2D eigenvalue weighted by Crippen LogP contribution is 2.48. The summed E-state index contributed by atoms with van der Waals surface area (Å²) in [6, 6.07) is 4.02. The van der Waals surface area contributed by atoms with E-state index in [1.54, 1.807) is 11.3 Å². The Balaban J connectivity index is 1.15. The van der Waals surface area contributed by atoms with E-state index in [9.17, 15) is 4.79 Å². The van der Waals surface area contributed by atoms with Crippen LogP contribution in [-0.4, -0.2) is 40.5 Å². The summed E-state index contributed by atoms with van der Waals surface area (Å²) in [4.78, 5) is 20.7. The van der Waals surface area contributed by atoms with Crippen LogP contribution < -0.4 is 0 Å². The van der Waals surface area contributed by atoms with Crippen LogP contribution in [0.2, 0.25) is 0 Å². The number of likely N-dealkylation sites (tertiary alicyclic amines) is 1. The minimum atomic E-state index is 0.324. The maximum absolute atomic E-state index is 12.7. The van der Waals surface area contributed by atoms with E-state index in [0.717, 1.165) is 49.0 Å². The number of hydrogen-bond acceptors (Lipinski definition) is 6. The lowest BCUT2D eigenvalue weighted by molar-refractivity contribution is -0.125. The maximum atomic E-state index is 12.7. The number of hydrogen-bond donors (Lipinski definition) is 0. The Labute approximate surface area is 157 Å². The third-order valence-corrected chi connectivity index (χ3v) is 7.52. The van der Waals surface area contributed by atoms with Gasteiger partial charge in [0.05, 0.1) is 11.4 Å². The van der Waals surface area contributed by atoms with Crippen molar-refractivity contribution in [2.75, 3.05) is 19.6 Å². The number of carbonyl (C=O) groups excluding carboxylic acids is 1. The van der Waals surface area contributed by atoms with Gasteiger partial charge in [0.1, 0.15) is 5.78 Å². The standard InChI is InChI=1S/C20H25N3O2S/c24-17(16-11-13-3-4-15(16)10-13)12-23-7-5-14(6-8-23)20-21-19(22-25-20)18-2-1-9-26-18/h1-2,9,13-16H,3-8,10-12H2. The van der Waals surface area contributed by atoms with Crippen LogP contribution in [0.25, 0.3) is 10.7 Å². The summed E-state index contributed by atoms with van der Waals surface area (Å²) < 4.78 is 5.52. The van der Waals surface area contributed by atoms with Gasteiger partial charge in [0.25, 0.3) is 0 Å². The number of rotatable bonds is 5. The van der Waals surface area contributed by atoms with Gasteiger partial charge in [-0.15, -0.1) is 11.3 Å². The molecular formula is C20H25N3O2S. The Hall–Kier alpha value is -1.53. The fourth-order valence-electron chi connectivity index (χ4n) is 5.22. The molecule has 2 bridgehead atoms. The molecule has 5 rings (SSSR count). The second kappa shape index (κ2) is 6.89. The maximum Gasteiger partial charge on any atom is 0.230 e. The molecule has 3 unspecified atom stereocenters. The van der Waals surface area contributed by atoms with Crippen molar-refractivity contribution >= 4 is 17.1 Å². The molecule has 0 spiro atoms. The van der Waals surface area contributed by atoms with Gasteiger partial charge in [-0.1, -0.05) is 17.6 Å². The van der Waals surface area contributed by atoms with Crippen molar-refractivity contribution in [1.29, 1.82) is 0 Å². The predicted octanol–water partition coefficient (Wildman–Crippen LogP) is 3.98. The van der Waals surface area contributed by atoms with Crippen LogP contribution in [0.4, 0.5) is 0 Å². The summed E-state index contributed by atoms with van der Waals surface area (Å²) in [6.07, 6.45) is 7.10. The zero-order valence-electron chi connectivity index (χ0n) is 15.0. The summed E-state index contributed by atoms with van der Waals surface area (Å²) in [7, 11) is 0.